The molecule has 96 valence electrons. The van der Waals surface area contributed by atoms with Gasteiger partial charge in [-0.15, -0.1) is 5.10 Å². The van der Waals surface area contributed by atoms with Gasteiger partial charge in [0, 0.05) is 18.4 Å². The quantitative estimate of drug-likeness (QED) is 0.823. The van der Waals surface area contributed by atoms with E-state index in [4.69, 9.17) is 10.5 Å². The third kappa shape index (κ3) is 2.48. The average molecular weight is 247 g/mol. The van der Waals surface area contributed by atoms with Crippen molar-refractivity contribution in [2.45, 2.75) is 26.5 Å². The number of aryl methyl sites for hydroxylation is 1. The summed E-state index contributed by atoms with van der Waals surface area (Å²) in [5.41, 5.74) is 8.52. The van der Waals surface area contributed by atoms with Crippen molar-refractivity contribution >= 4 is 5.69 Å². The van der Waals surface area contributed by atoms with Gasteiger partial charge in [0.05, 0.1) is 12.6 Å². The van der Waals surface area contributed by atoms with E-state index in [1.807, 2.05) is 32.0 Å². The number of hydrogen-bond donors (Lipinski definition) is 1. The molecule has 0 spiro atoms. The predicted octanol–water partition coefficient (Wildman–Crippen LogP) is 1.27. The average Bonchev–Trinajstić information content (AvgIpc) is 2.77. The van der Waals surface area contributed by atoms with Gasteiger partial charge in [0.2, 0.25) is 0 Å². The molecule has 6 nitrogen and oxygen atoms in total. The number of hydrogen-bond acceptors (Lipinski definition) is 5. The fourth-order valence-corrected chi connectivity index (χ4v) is 1.78. The van der Waals surface area contributed by atoms with Crippen LogP contribution >= 0.6 is 0 Å². The molecule has 0 saturated heterocycles. The lowest BCUT2D eigenvalue weighted by Gasteiger charge is -2.11. The molecule has 0 bridgehead atoms. The molecule has 6 heteroatoms. The molecule has 1 aromatic carbocycles. The maximum atomic E-state index is 5.74. The van der Waals surface area contributed by atoms with Crippen LogP contribution in [0.1, 0.15) is 12.5 Å². The highest BCUT2D eigenvalue weighted by Crippen LogP contribution is 2.22. The summed E-state index contributed by atoms with van der Waals surface area (Å²) in [6.45, 7) is 4.58. The van der Waals surface area contributed by atoms with Crippen LogP contribution in [0.5, 0.6) is 0 Å². The molecule has 18 heavy (non-hydrogen) atoms. The van der Waals surface area contributed by atoms with Gasteiger partial charge in [0.25, 0.3) is 0 Å². The predicted molar refractivity (Wildman–Crippen MR) is 68.9 cm³/mol. The van der Waals surface area contributed by atoms with Crippen molar-refractivity contribution in [2.75, 3.05) is 12.8 Å². The van der Waals surface area contributed by atoms with Crippen molar-refractivity contribution < 1.29 is 4.74 Å². The lowest BCUT2D eigenvalue weighted by atomic mass is 10.1. The van der Waals surface area contributed by atoms with Gasteiger partial charge in [0.15, 0.2) is 5.82 Å². The van der Waals surface area contributed by atoms with Gasteiger partial charge in [-0.05, 0) is 48.0 Å². The van der Waals surface area contributed by atoms with E-state index in [1.165, 1.54) is 0 Å². The number of anilines is 1. The van der Waals surface area contributed by atoms with Gasteiger partial charge in [-0.1, -0.05) is 0 Å². The minimum atomic E-state index is 0.0568. The molecule has 2 rings (SSSR count). The topological polar surface area (TPSA) is 78.8 Å². The fraction of sp³-hybridized carbons (Fsp3) is 0.417. The highest BCUT2D eigenvalue weighted by atomic mass is 16.5. The van der Waals surface area contributed by atoms with E-state index in [1.54, 1.807) is 11.8 Å². The molecule has 2 N–H and O–H groups in total. The molecule has 0 radical (unpaired) electrons. The van der Waals surface area contributed by atoms with E-state index in [9.17, 15) is 0 Å². The van der Waals surface area contributed by atoms with Crippen LogP contribution in [0.2, 0.25) is 0 Å². The smallest absolute Gasteiger partial charge is 0.182 e. The molecule has 0 amide bonds. The Kier molecular flexibility index (Phi) is 3.57. The second-order valence-electron chi connectivity index (χ2n) is 4.31. The first kappa shape index (κ1) is 12.5. The van der Waals surface area contributed by atoms with Crippen molar-refractivity contribution in [1.82, 2.24) is 20.2 Å². The van der Waals surface area contributed by atoms with Crippen molar-refractivity contribution in [2.24, 2.45) is 0 Å². The van der Waals surface area contributed by atoms with E-state index in [0.717, 1.165) is 22.6 Å². The van der Waals surface area contributed by atoms with Crippen LogP contribution < -0.4 is 5.73 Å². The summed E-state index contributed by atoms with van der Waals surface area (Å²) in [6, 6.07) is 5.69. The van der Waals surface area contributed by atoms with Gasteiger partial charge in [-0.3, -0.25) is 0 Å². The summed E-state index contributed by atoms with van der Waals surface area (Å²) in [5.74, 6) is 0.733. The number of rotatable bonds is 4. The number of nitrogens with two attached hydrogens (primary N) is 1. The Morgan fingerprint density at radius 3 is 2.89 bits per heavy atom. The van der Waals surface area contributed by atoms with Gasteiger partial charge in [-0.25, -0.2) is 4.68 Å². The van der Waals surface area contributed by atoms with Crippen LogP contribution in [-0.4, -0.2) is 33.4 Å². The number of methoxy groups -OCH3 is 1. The fourth-order valence-electron chi connectivity index (χ4n) is 1.78. The lowest BCUT2D eigenvalue weighted by molar-refractivity contribution is 0.0997. The number of nitrogen functional groups attached to an aromatic ring is 1. The second-order valence-corrected chi connectivity index (χ2v) is 4.31. The van der Waals surface area contributed by atoms with Crippen molar-refractivity contribution in [1.29, 1.82) is 0 Å². The SMILES string of the molecule is COC(C)Cn1nnnc1-c1ccc(N)cc1C. The summed E-state index contributed by atoms with van der Waals surface area (Å²) >= 11 is 0. The third-order valence-corrected chi connectivity index (χ3v) is 2.86. The van der Waals surface area contributed by atoms with E-state index < -0.39 is 0 Å². The monoisotopic (exact) mass is 247 g/mol. The number of aromatic nitrogens is 4. The Labute approximate surface area is 106 Å². The first-order valence-electron chi connectivity index (χ1n) is 5.77. The van der Waals surface area contributed by atoms with E-state index in [2.05, 4.69) is 15.5 Å². The molecule has 0 fully saturated rings. The summed E-state index contributed by atoms with van der Waals surface area (Å²) in [6.07, 6.45) is 0.0568. The first-order chi connectivity index (χ1) is 8.61. The van der Waals surface area contributed by atoms with Crippen LogP contribution in [0.15, 0.2) is 18.2 Å². The van der Waals surface area contributed by atoms with Gasteiger partial charge >= 0.3 is 0 Å². The maximum Gasteiger partial charge on any atom is 0.182 e. The zero-order valence-corrected chi connectivity index (χ0v) is 10.8. The highest BCUT2D eigenvalue weighted by molar-refractivity contribution is 5.63. The highest BCUT2D eigenvalue weighted by Gasteiger charge is 2.13. The number of ether oxygens (including phenoxy) is 1. The van der Waals surface area contributed by atoms with E-state index in [-0.39, 0.29) is 6.10 Å². The second kappa shape index (κ2) is 5.14. The Balaban J connectivity index is 2.36. The summed E-state index contributed by atoms with van der Waals surface area (Å²) in [7, 11) is 1.67. The standard InChI is InChI=1S/C12H17N5O/c1-8-6-10(13)4-5-11(8)12-14-15-16-17(12)7-9(2)18-3/h4-6,9H,7,13H2,1-3H3. The van der Waals surface area contributed by atoms with E-state index >= 15 is 0 Å². The molecule has 0 aliphatic carbocycles. The zero-order chi connectivity index (χ0) is 13.1. The Morgan fingerprint density at radius 1 is 1.44 bits per heavy atom. The minimum Gasteiger partial charge on any atom is -0.399 e. The number of tetrazole rings is 1. The van der Waals surface area contributed by atoms with Crippen LogP contribution in [0.4, 0.5) is 5.69 Å². The molecule has 0 aliphatic heterocycles. The zero-order valence-electron chi connectivity index (χ0n) is 10.8. The Morgan fingerprint density at radius 2 is 2.22 bits per heavy atom. The maximum absolute atomic E-state index is 5.74. The molecule has 1 heterocycles. The molecular formula is C12H17N5O. The van der Waals surface area contributed by atoms with Crippen molar-refractivity contribution in [3.63, 3.8) is 0 Å². The normalized spacial score (nSPS) is 12.6. The molecule has 1 aromatic heterocycles. The van der Waals surface area contributed by atoms with Crippen LogP contribution in [0, 0.1) is 6.92 Å². The summed E-state index contributed by atoms with van der Waals surface area (Å²) < 4.78 is 6.97. The summed E-state index contributed by atoms with van der Waals surface area (Å²) in [4.78, 5) is 0. The first-order valence-corrected chi connectivity index (χ1v) is 5.77. The van der Waals surface area contributed by atoms with Crippen LogP contribution in [0.25, 0.3) is 11.4 Å². The minimum absolute atomic E-state index is 0.0568. The molecular weight excluding hydrogens is 230 g/mol. The van der Waals surface area contributed by atoms with Gasteiger partial charge in [0.1, 0.15) is 0 Å². The Bertz CT molecular complexity index is 537. The van der Waals surface area contributed by atoms with Crippen molar-refractivity contribution in [3.8, 4) is 11.4 Å². The Hall–Kier alpha value is -1.95. The molecule has 2 aromatic rings. The lowest BCUT2D eigenvalue weighted by Crippen LogP contribution is -2.16. The number of nitrogens with zero attached hydrogens (tertiary/aromatic N) is 4. The molecule has 1 unspecified atom stereocenters. The van der Waals surface area contributed by atoms with E-state index in [0.29, 0.717) is 6.54 Å². The van der Waals surface area contributed by atoms with Gasteiger partial charge < -0.3 is 10.5 Å². The van der Waals surface area contributed by atoms with Gasteiger partial charge in [-0.2, -0.15) is 0 Å². The van der Waals surface area contributed by atoms with Crippen molar-refractivity contribution in [3.05, 3.63) is 23.8 Å². The van der Waals surface area contributed by atoms with Crippen LogP contribution in [0.3, 0.4) is 0 Å². The number of benzene rings is 1. The molecule has 1 atom stereocenters. The summed E-state index contributed by atoms with van der Waals surface area (Å²) in [5, 5.41) is 11.8. The molecule has 0 aliphatic rings. The largest absolute Gasteiger partial charge is 0.399 e. The third-order valence-electron chi connectivity index (χ3n) is 2.86. The van der Waals surface area contributed by atoms with Crippen LogP contribution in [-0.2, 0) is 11.3 Å². The molecule has 0 saturated carbocycles.